The topological polar surface area (TPSA) is 21.1 Å². The van der Waals surface area contributed by atoms with E-state index in [1.807, 2.05) is 18.7 Å². The van der Waals surface area contributed by atoms with E-state index in [1.54, 1.807) is 0 Å². The Bertz CT molecular complexity index is 405. The minimum atomic E-state index is 0.544. The Kier molecular flexibility index (Phi) is 4.21. The SMILES string of the molecule is Cc1nn(C)c(N(C)C2CCC(C)CC2)c1CCl. The Balaban J connectivity index is 2.20. The maximum absolute atomic E-state index is 6.08. The highest BCUT2D eigenvalue weighted by molar-refractivity contribution is 6.17. The van der Waals surface area contributed by atoms with Crippen LogP contribution >= 0.6 is 11.6 Å². The molecule has 1 saturated carbocycles. The zero-order valence-corrected chi connectivity index (χ0v) is 12.7. The predicted octanol–water partition coefficient (Wildman–Crippen LogP) is 3.48. The molecule has 0 spiro atoms. The summed E-state index contributed by atoms with van der Waals surface area (Å²) in [5, 5.41) is 4.50. The third-order valence-electron chi connectivity index (χ3n) is 4.31. The van der Waals surface area contributed by atoms with Gasteiger partial charge in [0, 0.05) is 25.7 Å². The Hall–Kier alpha value is -0.700. The van der Waals surface area contributed by atoms with Crippen LogP contribution < -0.4 is 4.90 Å². The van der Waals surface area contributed by atoms with Crippen molar-refractivity contribution in [1.29, 1.82) is 0 Å². The first-order valence-electron chi connectivity index (χ1n) is 6.85. The number of nitrogens with zero attached hydrogens (tertiary/aromatic N) is 3. The van der Waals surface area contributed by atoms with Gasteiger partial charge >= 0.3 is 0 Å². The number of hydrogen-bond acceptors (Lipinski definition) is 2. The average molecular weight is 270 g/mol. The standard InChI is InChI=1S/C14H24ClN3/c1-10-5-7-12(8-6-10)17(3)14-13(9-15)11(2)16-18(14)4/h10,12H,5-9H2,1-4H3. The van der Waals surface area contributed by atoms with Gasteiger partial charge in [0.05, 0.1) is 11.6 Å². The Labute approximate surface area is 115 Å². The average Bonchev–Trinajstić information content (AvgIpc) is 2.63. The summed E-state index contributed by atoms with van der Waals surface area (Å²) in [4.78, 5) is 2.39. The molecule has 0 aromatic carbocycles. The van der Waals surface area contributed by atoms with Crippen LogP contribution in [0.4, 0.5) is 5.82 Å². The summed E-state index contributed by atoms with van der Waals surface area (Å²) in [6, 6.07) is 0.637. The molecule has 0 atom stereocenters. The van der Waals surface area contributed by atoms with Gasteiger partial charge in [0.25, 0.3) is 0 Å². The minimum absolute atomic E-state index is 0.544. The summed E-state index contributed by atoms with van der Waals surface area (Å²) >= 11 is 6.08. The monoisotopic (exact) mass is 269 g/mol. The number of hydrogen-bond donors (Lipinski definition) is 0. The summed E-state index contributed by atoms with van der Waals surface area (Å²) in [6.45, 7) is 4.40. The van der Waals surface area contributed by atoms with Gasteiger partial charge in [-0.15, -0.1) is 11.6 Å². The second kappa shape index (κ2) is 5.52. The zero-order valence-electron chi connectivity index (χ0n) is 11.9. The van der Waals surface area contributed by atoms with Crippen LogP contribution in [-0.4, -0.2) is 22.9 Å². The molecule has 0 aliphatic heterocycles. The summed E-state index contributed by atoms with van der Waals surface area (Å²) in [7, 11) is 4.20. The lowest BCUT2D eigenvalue weighted by Crippen LogP contribution is -2.36. The van der Waals surface area contributed by atoms with Crippen molar-refractivity contribution in [2.24, 2.45) is 13.0 Å². The largest absolute Gasteiger partial charge is 0.357 e. The van der Waals surface area contributed by atoms with Crippen LogP contribution in [0, 0.1) is 12.8 Å². The summed E-state index contributed by atoms with van der Waals surface area (Å²) in [6.07, 6.45) is 5.23. The van der Waals surface area contributed by atoms with Crippen LogP contribution in [0.5, 0.6) is 0 Å². The maximum atomic E-state index is 6.08. The molecule has 4 heteroatoms. The molecule has 0 amide bonds. The van der Waals surface area contributed by atoms with Gasteiger partial charge in [-0.1, -0.05) is 6.92 Å². The second-order valence-corrected chi connectivity index (χ2v) is 5.94. The normalized spacial score (nSPS) is 24.3. The quantitative estimate of drug-likeness (QED) is 0.784. The Morgan fingerprint density at radius 3 is 2.50 bits per heavy atom. The van der Waals surface area contributed by atoms with Crippen LogP contribution in [-0.2, 0) is 12.9 Å². The van der Waals surface area contributed by atoms with E-state index in [4.69, 9.17) is 11.6 Å². The van der Waals surface area contributed by atoms with Crippen molar-refractivity contribution in [3.63, 3.8) is 0 Å². The number of aryl methyl sites for hydroxylation is 2. The first kappa shape index (κ1) is 13.7. The van der Waals surface area contributed by atoms with Crippen LogP contribution in [0.3, 0.4) is 0 Å². The molecule has 1 aliphatic carbocycles. The molecule has 102 valence electrons. The summed E-state index contributed by atoms with van der Waals surface area (Å²) in [5.41, 5.74) is 2.24. The zero-order chi connectivity index (χ0) is 13.3. The number of aromatic nitrogens is 2. The highest BCUT2D eigenvalue weighted by Crippen LogP contribution is 2.32. The Morgan fingerprint density at radius 2 is 1.94 bits per heavy atom. The lowest BCUT2D eigenvalue weighted by molar-refractivity contribution is 0.338. The number of rotatable bonds is 3. The molecule has 3 nitrogen and oxygen atoms in total. The molecule has 0 radical (unpaired) electrons. The molecule has 18 heavy (non-hydrogen) atoms. The highest BCUT2D eigenvalue weighted by Gasteiger charge is 2.25. The van der Waals surface area contributed by atoms with Crippen molar-refractivity contribution in [3.05, 3.63) is 11.3 Å². The fraction of sp³-hybridized carbons (Fsp3) is 0.786. The van der Waals surface area contributed by atoms with Gasteiger partial charge in [-0.2, -0.15) is 5.10 Å². The van der Waals surface area contributed by atoms with Crippen molar-refractivity contribution >= 4 is 17.4 Å². The van der Waals surface area contributed by atoms with Gasteiger partial charge in [0.2, 0.25) is 0 Å². The fourth-order valence-electron chi connectivity index (χ4n) is 3.09. The molecule has 1 aromatic rings. The first-order valence-corrected chi connectivity index (χ1v) is 7.39. The smallest absolute Gasteiger partial charge is 0.131 e. The van der Waals surface area contributed by atoms with E-state index >= 15 is 0 Å². The number of halogens is 1. The predicted molar refractivity (Wildman–Crippen MR) is 77.3 cm³/mol. The third-order valence-corrected chi connectivity index (χ3v) is 4.58. The molecule has 1 aliphatic rings. The summed E-state index contributed by atoms with van der Waals surface area (Å²) < 4.78 is 1.98. The Morgan fingerprint density at radius 1 is 1.33 bits per heavy atom. The summed E-state index contributed by atoms with van der Waals surface area (Å²) in [5.74, 6) is 2.63. The lowest BCUT2D eigenvalue weighted by Gasteiger charge is -2.35. The number of alkyl halides is 1. The van der Waals surface area contributed by atoms with Crippen LogP contribution in [0.1, 0.15) is 43.9 Å². The third kappa shape index (κ3) is 2.51. The van der Waals surface area contributed by atoms with Crippen LogP contribution in [0.2, 0.25) is 0 Å². The van der Waals surface area contributed by atoms with Crippen molar-refractivity contribution in [1.82, 2.24) is 9.78 Å². The van der Waals surface area contributed by atoms with Gasteiger partial charge in [-0.05, 0) is 38.5 Å². The molecule has 0 saturated heterocycles. The molecule has 0 unspecified atom stereocenters. The molecule has 1 fully saturated rings. The van der Waals surface area contributed by atoms with E-state index in [0.29, 0.717) is 11.9 Å². The first-order chi connectivity index (χ1) is 8.54. The lowest BCUT2D eigenvalue weighted by atomic mass is 9.86. The van der Waals surface area contributed by atoms with Crippen LogP contribution in [0.25, 0.3) is 0 Å². The molecular formula is C14H24ClN3. The molecule has 0 bridgehead atoms. The molecule has 0 N–H and O–H groups in total. The second-order valence-electron chi connectivity index (χ2n) is 5.67. The van der Waals surface area contributed by atoms with Crippen molar-refractivity contribution in [2.45, 2.75) is 51.5 Å². The van der Waals surface area contributed by atoms with Gasteiger partial charge in [0.15, 0.2) is 0 Å². The number of anilines is 1. The van der Waals surface area contributed by atoms with E-state index in [0.717, 1.165) is 11.6 Å². The van der Waals surface area contributed by atoms with Crippen molar-refractivity contribution in [3.8, 4) is 0 Å². The van der Waals surface area contributed by atoms with E-state index in [2.05, 4.69) is 24.0 Å². The molecule has 2 rings (SSSR count). The van der Waals surface area contributed by atoms with Gasteiger partial charge in [-0.3, -0.25) is 4.68 Å². The van der Waals surface area contributed by atoms with Crippen LogP contribution in [0.15, 0.2) is 0 Å². The van der Waals surface area contributed by atoms with E-state index < -0.39 is 0 Å². The van der Waals surface area contributed by atoms with E-state index in [-0.39, 0.29) is 0 Å². The molecule has 1 aromatic heterocycles. The van der Waals surface area contributed by atoms with Gasteiger partial charge in [0.1, 0.15) is 5.82 Å². The van der Waals surface area contributed by atoms with Crippen molar-refractivity contribution in [2.75, 3.05) is 11.9 Å². The van der Waals surface area contributed by atoms with Gasteiger partial charge in [-0.25, -0.2) is 0 Å². The van der Waals surface area contributed by atoms with E-state index in [1.165, 1.54) is 37.1 Å². The van der Waals surface area contributed by atoms with Gasteiger partial charge < -0.3 is 4.90 Å². The highest BCUT2D eigenvalue weighted by atomic mass is 35.5. The van der Waals surface area contributed by atoms with Crippen molar-refractivity contribution < 1.29 is 0 Å². The molecular weight excluding hydrogens is 246 g/mol. The minimum Gasteiger partial charge on any atom is -0.357 e. The fourth-order valence-corrected chi connectivity index (χ4v) is 3.40. The maximum Gasteiger partial charge on any atom is 0.131 e. The van der Waals surface area contributed by atoms with E-state index in [9.17, 15) is 0 Å². The molecule has 1 heterocycles.